The third-order valence-electron chi connectivity index (χ3n) is 3.10. The fourth-order valence-electron chi connectivity index (χ4n) is 2.31. The van der Waals surface area contributed by atoms with Gasteiger partial charge in [0.2, 0.25) is 0 Å². The van der Waals surface area contributed by atoms with Crippen molar-refractivity contribution in [1.82, 2.24) is 5.32 Å². The fraction of sp³-hybridized carbons (Fsp3) is 0.214. The molecule has 1 nitrogen and oxygen atoms in total. The van der Waals surface area contributed by atoms with Crippen molar-refractivity contribution in [3.8, 4) is 0 Å². The summed E-state index contributed by atoms with van der Waals surface area (Å²) >= 11 is 0. The van der Waals surface area contributed by atoms with Gasteiger partial charge in [0, 0.05) is 12.0 Å². The van der Waals surface area contributed by atoms with E-state index < -0.39 is 0 Å². The maximum atomic E-state index is 3.36. The highest BCUT2D eigenvalue weighted by molar-refractivity contribution is 5.42. The number of fused-ring (bicyclic) bond motifs is 3. The topological polar surface area (TPSA) is 12.0 Å². The minimum absolute atomic E-state index is 0.468. The molecule has 2 aliphatic rings. The van der Waals surface area contributed by atoms with Crippen LogP contribution in [0.1, 0.15) is 23.5 Å². The summed E-state index contributed by atoms with van der Waals surface area (Å²) in [5, 5.41) is 3.36. The van der Waals surface area contributed by atoms with Gasteiger partial charge >= 0.3 is 0 Å². The molecule has 0 saturated heterocycles. The van der Waals surface area contributed by atoms with E-state index in [1.54, 1.807) is 0 Å². The van der Waals surface area contributed by atoms with E-state index in [-0.39, 0.29) is 0 Å². The molecule has 0 saturated carbocycles. The van der Waals surface area contributed by atoms with Crippen LogP contribution in [0.2, 0.25) is 0 Å². The van der Waals surface area contributed by atoms with Crippen molar-refractivity contribution in [3.05, 3.63) is 66.2 Å². The van der Waals surface area contributed by atoms with Crippen molar-refractivity contribution in [2.45, 2.75) is 18.4 Å². The van der Waals surface area contributed by atoms with Gasteiger partial charge in [0.05, 0.1) is 6.54 Å². The lowest BCUT2D eigenvalue weighted by Gasteiger charge is -2.31. The molecule has 0 fully saturated rings. The standard InChI is InChI=1S/C14H13N/c1-2-8-13-12-7-5-4-6-11(12)10-15-14(13)9-3-1/h1-8,13-15H,9H2. The molecule has 2 atom stereocenters. The second-order valence-electron chi connectivity index (χ2n) is 4.04. The van der Waals surface area contributed by atoms with Crippen LogP contribution < -0.4 is 5.32 Å². The van der Waals surface area contributed by atoms with Crippen LogP contribution in [0.5, 0.6) is 0 Å². The Hall–Kier alpha value is -1.34. The molecule has 1 aromatic carbocycles. The Morgan fingerprint density at radius 2 is 2.13 bits per heavy atom. The van der Waals surface area contributed by atoms with E-state index in [1.807, 2.05) is 0 Å². The molecule has 0 bridgehead atoms. The number of nitrogens with one attached hydrogen (secondary N) is 1. The zero-order valence-electron chi connectivity index (χ0n) is 8.48. The highest BCUT2D eigenvalue weighted by atomic mass is 14.9. The lowest BCUT2D eigenvalue weighted by Crippen LogP contribution is -2.36. The lowest BCUT2D eigenvalue weighted by molar-refractivity contribution is 0.504. The minimum atomic E-state index is 0.468. The van der Waals surface area contributed by atoms with Crippen LogP contribution >= 0.6 is 0 Å². The molecule has 0 aromatic heterocycles. The van der Waals surface area contributed by atoms with E-state index in [2.05, 4.69) is 60.4 Å². The van der Waals surface area contributed by atoms with Crippen molar-refractivity contribution in [1.29, 1.82) is 0 Å². The Morgan fingerprint density at radius 1 is 1.20 bits per heavy atom. The van der Waals surface area contributed by atoms with Crippen LogP contribution in [0.4, 0.5) is 0 Å². The van der Waals surface area contributed by atoms with E-state index in [9.17, 15) is 0 Å². The van der Waals surface area contributed by atoms with Crippen molar-refractivity contribution < 1.29 is 0 Å². The summed E-state index contributed by atoms with van der Waals surface area (Å²) in [6, 6.07) is 8.96. The normalized spacial score (nSPS) is 28.0. The van der Waals surface area contributed by atoms with Crippen molar-refractivity contribution in [2.75, 3.05) is 0 Å². The predicted molar refractivity (Wildman–Crippen MR) is 61.3 cm³/mol. The molecule has 1 heterocycles. The number of allylic oxidation sites excluding steroid dienone is 2. The van der Waals surface area contributed by atoms with Gasteiger partial charge in [-0.3, -0.25) is 5.32 Å². The molecule has 2 radical (unpaired) electrons. The predicted octanol–water partition coefficient (Wildman–Crippen LogP) is 2.64. The zero-order chi connectivity index (χ0) is 10.1. The van der Waals surface area contributed by atoms with Crippen molar-refractivity contribution in [3.63, 3.8) is 0 Å². The molecule has 2 unspecified atom stereocenters. The second-order valence-corrected chi connectivity index (χ2v) is 4.04. The van der Waals surface area contributed by atoms with Crippen LogP contribution in [-0.2, 0) is 0 Å². The molecule has 0 amide bonds. The summed E-state index contributed by atoms with van der Waals surface area (Å²) in [6.45, 7) is 3.27. The molecule has 0 spiro atoms. The first kappa shape index (κ1) is 8.93. The molecular formula is C14H13N. The zero-order valence-corrected chi connectivity index (χ0v) is 8.48. The summed E-state index contributed by atoms with van der Waals surface area (Å²) in [7, 11) is 0. The molecule has 74 valence electrons. The summed E-state index contributed by atoms with van der Waals surface area (Å²) < 4.78 is 0. The Kier molecular flexibility index (Phi) is 2.18. The molecule has 15 heavy (non-hydrogen) atoms. The van der Waals surface area contributed by atoms with Crippen LogP contribution in [0.3, 0.4) is 0 Å². The van der Waals surface area contributed by atoms with Gasteiger partial charge in [-0.05, 0) is 17.5 Å². The van der Waals surface area contributed by atoms with Gasteiger partial charge < -0.3 is 0 Å². The smallest absolute Gasteiger partial charge is 0.0939 e. The van der Waals surface area contributed by atoms with Crippen LogP contribution in [-0.4, -0.2) is 6.04 Å². The Labute approximate surface area is 90.5 Å². The Morgan fingerprint density at radius 3 is 3.13 bits per heavy atom. The minimum Gasteiger partial charge on any atom is -0.300 e. The highest BCUT2D eigenvalue weighted by Crippen LogP contribution is 2.32. The van der Waals surface area contributed by atoms with Crippen LogP contribution in [0.15, 0.2) is 48.6 Å². The van der Waals surface area contributed by atoms with Crippen LogP contribution in [0, 0.1) is 6.54 Å². The largest absolute Gasteiger partial charge is 0.300 e. The summed E-state index contributed by atoms with van der Waals surface area (Å²) in [5.74, 6) is 0.484. The van der Waals surface area contributed by atoms with Gasteiger partial charge in [-0.2, -0.15) is 0 Å². The van der Waals surface area contributed by atoms with E-state index in [0.717, 1.165) is 6.42 Å². The first-order valence-corrected chi connectivity index (χ1v) is 5.39. The first-order valence-electron chi connectivity index (χ1n) is 5.39. The van der Waals surface area contributed by atoms with E-state index in [0.29, 0.717) is 12.0 Å². The quantitative estimate of drug-likeness (QED) is 0.671. The van der Waals surface area contributed by atoms with E-state index >= 15 is 0 Å². The molecule has 3 rings (SSSR count). The Balaban J connectivity index is 2.05. The molecular weight excluding hydrogens is 182 g/mol. The Bertz CT molecular complexity index is 417. The van der Waals surface area contributed by atoms with Crippen molar-refractivity contribution in [2.24, 2.45) is 0 Å². The van der Waals surface area contributed by atoms with E-state index in [1.165, 1.54) is 11.1 Å². The SMILES string of the molecule is [C]1NC2CC=CC=CC2c2ccccc21. The average molecular weight is 195 g/mol. The first-order chi connectivity index (χ1) is 7.45. The van der Waals surface area contributed by atoms with Gasteiger partial charge in [-0.1, -0.05) is 48.6 Å². The maximum Gasteiger partial charge on any atom is 0.0939 e. The number of hydrogen-bond acceptors (Lipinski definition) is 1. The summed E-state index contributed by atoms with van der Waals surface area (Å²) in [6.07, 6.45) is 9.83. The van der Waals surface area contributed by atoms with Gasteiger partial charge in [-0.15, -0.1) is 0 Å². The lowest BCUT2D eigenvalue weighted by atomic mass is 9.84. The third kappa shape index (κ3) is 1.53. The molecule has 1 aromatic rings. The van der Waals surface area contributed by atoms with Crippen molar-refractivity contribution >= 4 is 0 Å². The maximum absolute atomic E-state index is 3.36. The number of hydrogen-bond donors (Lipinski definition) is 1. The number of benzene rings is 1. The molecule has 1 heteroatoms. The molecule has 1 aliphatic heterocycles. The molecule has 1 aliphatic carbocycles. The summed E-state index contributed by atoms with van der Waals surface area (Å²) in [4.78, 5) is 0. The monoisotopic (exact) mass is 195 g/mol. The van der Waals surface area contributed by atoms with E-state index in [4.69, 9.17) is 0 Å². The fourth-order valence-corrected chi connectivity index (χ4v) is 2.31. The van der Waals surface area contributed by atoms with Gasteiger partial charge in [0.15, 0.2) is 0 Å². The average Bonchev–Trinajstić information content (AvgIpc) is 2.54. The number of rotatable bonds is 0. The molecule has 1 N–H and O–H groups in total. The third-order valence-corrected chi connectivity index (χ3v) is 3.10. The summed E-state index contributed by atoms with van der Waals surface area (Å²) in [5.41, 5.74) is 2.59. The van der Waals surface area contributed by atoms with Gasteiger partial charge in [0.25, 0.3) is 0 Å². The van der Waals surface area contributed by atoms with Gasteiger partial charge in [0.1, 0.15) is 0 Å². The second kappa shape index (κ2) is 3.67. The van der Waals surface area contributed by atoms with Gasteiger partial charge in [-0.25, -0.2) is 0 Å². The van der Waals surface area contributed by atoms with Crippen LogP contribution in [0.25, 0.3) is 0 Å². The highest BCUT2D eigenvalue weighted by Gasteiger charge is 2.27.